The van der Waals surface area contributed by atoms with Gasteiger partial charge in [0.15, 0.2) is 0 Å². The summed E-state index contributed by atoms with van der Waals surface area (Å²) in [6.45, 7) is 5.81. The van der Waals surface area contributed by atoms with Gasteiger partial charge in [0.2, 0.25) is 0 Å². The van der Waals surface area contributed by atoms with Crippen molar-refractivity contribution in [3.05, 3.63) is 34.1 Å². The van der Waals surface area contributed by atoms with E-state index in [1.807, 2.05) is 12.1 Å². The molecule has 0 amide bonds. The third kappa shape index (κ3) is 3.34. The molecule has 0 aromatic heterocycles. The Morgan fingerprint density at radius 2 is 2.21 bits per heavy atom. The van der Waals surface area contributed by atoms with E-state index in [0.29, 0.717) is 17.1 Å². The van der Waals surface area contributed by atoms with E-state index in [0.717, 1.165) is 25.2 Å². The smallest absolute Gasteiger partial charge is 0.137 e. The molecule has 1 aromatic carbocycles. The molecule has 1 saturated heterocycles. The number of nitrogens with two attached hydrogens (primary N) is 1. The molecule has 1 aromatic rings. The predicted molar refractivity (Wildman–Crippen MR) is 79.6 cm³/mol. The summed E-state index contributed by atoms with van der Waals surface area (Å²) >= 11 is 3.25. The number of likely N-dealkylation sites (N-methyl/N-ethyl adjacent to an activating group) is 1. The maximum absolute atomic E-state index is 13.3. The molecule has 106 valence electrons. The topological polar surface area (TPSA) is 32.5 Å². The number of hydrogen-bond donors (Lipinski definition) is 1. The molecule has 1 aliphatic rings. The first-order valence-corrected chi connectivity index (χ1v) is 7.41. The van der Waals surface area contributed by atoms with Crippen LogP contribution < -0.4 is 5.73 Å². The first-order valence-electron chi connectivity index (χ1n) is 6.62. The second-order valence-corrected chi connectivity index (χ2v) is 6.10. The molecule has 0 bridgehead atoms. The summed E-state index contributed by atoms with van der Waals surface area (Å²) in [6, 6.07) is 5.86. The van der Waals surface area contributed by atoms with E-state index >= 15 is 0 Å². The molecular formula is C14H21BrFN3. The van der Waals surface area contributed by atoms with Crippen LogP contribution in [0.15, 0.2) is 22.7 Å². The minimum atomic E-state index is -0.230. The molecule has 1 aliphatic heterocycles. The van der Waals surface area contributed by atoms with Crippen molar-refractivity contribution in [2.75, 3.05) is 33.2 Å². The van der Waals surface area contributed by atoms with Crippen LogP contribution in [0, 0.1) is 5.82 Å². The molecule has 2 rings (SSSR count). The molecular weight excluding hydrogens is 309 g/mol. The molecule has 2 unspecified atom stereocenters. The molecule has 0 aliphatic carbocycles. The lowest BCUT2D eigenvalue weighted by atomic mass is 10.0. The van der Waals surface area contributed by atoms with Crippen LogP contribution in [0.25, 0.3) is 0 Å². The van der Waals surface area contributed by atoms with Gasteiger partial charge in [0.25, 0.3) is 0 Å². The van der Waals surface area contributed by atoms with Gasteiger partial charge in [-0.1, -0.05) is 6.07 Å². The Morgan fingerprint density at radius 1 is 1.47 bits per heavy atom. The summed E-state index contributed by atoms with van der Waals surface area (Å²) in [4.78, 5) is 4.75. The average Bonchev–Trinajstić information content (AvgIpc) is 2.39. The van der Waals surface area contributed by atoms with Gasteiger partial charge in [0.1, 0.15) is 5.82 Å². The van der Waals surface area contributed by atoms with Crippen molar-refractivity contribution in [1.82, 2.24) is 9.80 Å². The summed E-state index contributed by atoms with van der Waals surface area (Å²) in [5.41, 5.74) is 7.02. The van der Waals surface area contributed by atoms with E-state index in [1.54, 1.807) is 0 Å². The zero-order valence-corrected chi connectivity index (χ0v) is 13.0. The second kappa shape index (κ2) is 6.31. The van der Waals surface area contributed by atoms with Gasteiger partial charge >= 0.3 is 0 Å². The Labute approximate surface area is 122 Å². The van der Waals surface area contributed by atoms with Crippen LogP contribution in [0.3, 0.4) is 0 Å². The third-order valence-corrected chi connectivity index (χ3v) is 4.59. The van der Waals surface area contributed by atoms with Crippen LogP contribution in [0.4, 0.5) is 4.39 Å². The summed E-state index contributed by atoms with van der Waals surface area (Å²) in [5, 5.41) is 0. The minimum Gasteiger partial charge on any atom is -0.329 e. The maximum atomic E-state index is 13.3. The highest BCUT2D eigenvalue weighted by atomic mass is 79.9. The molecule has 3 nitrogen and oxygen atoms in total. The monoisotopic (exact) mass is 329 g/mol. The van der Waals surface area contributed by atoms with E-state index < -0.39 is 0 Å². The van der Waals surface area contributed by atoms with Crippen LogP contribution in [0.1, 0.15) is 18.5 Å². The number of rotatable bonds is 3. The van der Waals surface area contributed by atoms with E-state index in [9.17, 15) is 4.39 Å². The molecule has 0 saturated carbocycles. The van der Waals surface area contributed by atoms with Crippen LogP contribution in [-0.2, 0) is 0 Å². The lowest BCUT2D eigenvalue weighted by Gasteiger charge is -2.41. The van der Waals surface area contributed by atoms with Crippen LogP contribution in [0.5, 0.6) is 0 Å². The van der Waals surface area contributed by atoms with E-state index in [-0.39, 0.29) is 11.9 Å². The molecule has 1 heterocycles. The molecule has 0 radical (unpaired) electrons. The van der Waals surface area contributed by atoms with Gasteiger partial charge in [-0.05, 0) is 47.6 Å². The number of halogens is 2. The van der Waals surface area contributed by atoms with Gasteiger partial charge in [-0.25, -0.2) is 4.39 Å². The van der Waals surface area contributed by atoms with Crippen molar-refractivity contribution < 1.29 is 4.39 Å². The van der Waals surface area contributed by atoms with Gasteiger partial charge < -0.3 is 10.6 Å². The van der Waals surface area contributed by atoms with Gasteiger partial charge in [-0.2, -0.15) is 0 Å². The summed E-state index contributed by atoms with van der Waals surface area (Å²) in [5.74, 6) is -0.230. The van der Waals surface area contributed by atoms with Crippen molar-refractivity contribution in [2.24, 2.45) is 5.73 Å². The number of piperazine rings is 1. The van der Waals surface area contributed by atoms with Gasteiger partial charge in [0, 0.05) is 38.3 Å². The fraction of sp³-hybridized carbons (Fsp3) is 0.571. The number of hydrogen-bond acceptors (Lipinski definition) is 3. The van der Waals surface area contributed by atoms with Crippen molar-refractivity contribution in [1.29, 1.82) is 0 Å². The van der Waals surface area contributed by atoms with E-state index in [4.69, 9.17) is 5.73 Å². The standard InChI is InChI=1S/C14H21BrFN3/c1-10-9-19(6-5-18(10)2)14(8-17)11-3-4-13(16)12(15)7-11/h3-4,7,10,14H,5-6,8-9,17H2,1-2H3. The zero-order valence-electron chi connectivity index (χ0n) is 11.4. The fourth-order valence-corrected chi connectivity index (χ4v) is 2.97. The van der Waals surface area contributed by atoms with Crippen molar-refractivity contribution in [2.45, 2.75) is 19.0 Å². The number of nitrogens with zero attached hydrogens (tertiary/aromatic N) is 2. The Morgan fingerprint density at radius 3 is 2.79 bits per heavy atom. The average molecular weight is 330 g/mol. The third-order valence-electron chi connectivity index (χ3n) is 3.98. The Balaban J connectivity index is 2.17. The molecule has 0 spiro atoms. The lowest BCUT2D eigenvalue weighted by Crippen LogP contribution is -2.52. The largest absolute Gasteiger partial charge is 0.329 e. The van der Waals surface area contributed by atoms with Gasteiger partial charge in [-0.15, -0.1) is 0 Å². The molecule has 1 fully saturated rings. The highest BCUT2D eigenvalue weighted by Gasteiger charge is 2.27. The molecule has 2 N–H and O–H groups in total. The minimum absolute atomic E-state index is 0.160. The van der Waals surface area contributed by atoms with Crippen LogP contribution >= 0.6 is 15.9 Å². The zero-order chi connectivity index (χ0) is 14.0. The molecule has 19 heavy (non-hydrogen) atoms. The first-order chi connectivity index (χ1) is 9.02. The van der Waals surface area contributed by atoms with Crippen molar-refractivity contribution in [3.8, 4) is 0 Å². The van der Waals surface area contributed by atoms with Gasteiger partial charge in [0.05, 0.1) is 4.47 Å². The quantitative estimate of drug-likeness (QED) is 0.922. The first kappa shape index (κ1) is 14.9. The summed E-state index contributed by atoms with van der Waals surface area (Å²) < 4.78 is 13.8. The van der Waals surface area contributed by atoms with Crippen LogP contribution in [0.2, 0.25) is 0 Å². The summed E-state index contributed by atoms with van der Waals surface area (Å²) in [7, 11) is 2.15. The van der Waals surface area contributed by atoms with Gasteiger partial charge in [-0.3, -0.25) is 4.90 Å². The highest BCUT2D eigenvalue weighted by molar-refractivity contribution is 9.10. The SMILES string of the molecule is CC1CN(C(CN)c2ccc(F)c(Br)c2)CCN1C. The lowest BCUT2D eigenvalue weighted by molar-refractivity contribution is 0.0741. The highest BCUT2D eigenvalue weighted by Crippen LogP contribution is 2.26. The maximum Gasteiger partial charge on any atom is 0.137 e. The Kier molecular flexibility index (Phi) is 4.95. The van der Waals surface area contributed by atoms with E-state index in [2.05, 4.69) is 39.7 Å². The molecule has 2 atom stereocenters. The molecule has 5 heteroatoms. The Bertz CT molecular complexity index is 441. The Hall–Kier alpha value is -0.490. The fourth-order valence-electron chi connectivity index (χ4n) is 2.58. The van der Waals surface area contributed by atoms with E-state index in [1.165, 1.54) is 6.07 Å². The summed E-state index contributed by atoms with van der Waals surface area (Å²) in [6.07, 6.45) is 0. The predicted octanol–water partition coefficient (Wildman–Crippen LogP) is 2.22. The van der Waals surface area contributed by atoms with Crippen molar-refractivity contribution >= 4 is 15.9 Å². The van der Waals surface area contributed by atoms with Crippen LogP contribution in [-0.4, -0.2) is 49.1 Å². The number of benzene rings is 1. The normalized spacial score (nSPS) is 23.5. The second-order valence-electron chi connectivity index (χ2n) is 5.25. The van der Waals surface area contributed by atoms with Crippen molar-refractivity contribution in [3.63, 3.8) is 0 Å².